The predicted molar refractivity (Wildman–Crippen MR) is 226 cm³/mol. The van der Waals surface area contributed by atoms with Gasteiger partial charge in [0.15, 0.2) is 5.25 Å². The molecule has 0 spiro atoms. The van der Waals surface area contributed by atoms with E-state index in [0.717, 1.165) is 12.8 Å². The van der Waals surface area contributed by atoms with Crippen LogP contribution in [0.15, 0.2) is 42.5 Å². The number of anilines is 1. The van der Waals surface area contributed by atoms with Gasteiger partial charge in [-0.1, -0.05) is 54.2 Å². The third-order valence-corrected chi connectivity index (χ3v) is 11.7. The normalized spacial score (nSPS) is 16.5. The van der Waals surface area contributed by atoms with Crippen LogP contribution in [0.1, 0.15) is 94.5 Å². The van der Waals surface area contributed by atoms with Crippen molar-refractivity contribution in [1.82, 2.24) is 21.0 Å². The highest BCUT2D eigenvalue weighted by Gasteiger charge is 2.48. The number of esters is 1. The number of imide groups is 1. The Morgan fingerprint density at radius 3 is 2.11 bits per heavy atom. The van der Waals surface area contributed by atoms with E-state index in [1.807, 2.05) is 0 Å². The van der Waals surface area contributed by atoms with E-state index in [1.54, 1.807) is 63.2 Å². The van der Waals surface area contributed by atoms with Crippen LogP contribution in [-0.2, 0) is 64.4 Å². The molecule has 5 N–H and O–H groups in total. The largest absolute Gasteiger partial charge is 0.458 e. The van der Waals surface area contributed by atoms with Crippen LogP contribution < -0.4 is 21.3 Å². The van der Waals surface area contributed by atoms with Crippen molar-refractivity contribution in [1.29, 1.82) is 0 Å². The number of hydrogen-bond donors (Lipinski definition) is 5. The zero-order valence-electron chi connectivity index (χ0n) is 35.0. The van der Waals surface area contributed by atoms with Crippen molar-refractivity contribution in [3.8, 4) is 0 Å². The quantitative estimate of drug-likeness (QED) is 0.0520. The van der Waals surface area contributed by atoms with Crippen LogP contribution in [0.5, 0.6) is 0 Å². The number of ether oxygens (including phenoxy) is 2. The van der Waals surface area contributed by atoms with E-state index in [-0.39, 0.29) is 78.1 Å². The summed E-state index contributed by atoms with van der Waals surface area (Å²) in [5, 5.41) is 9.28. The Hall–Kier alpha value is -5.15. The number of hydrogen-bond acceptors (Lipinski definition) is 13. The lowest BCUT2D eigenvalue weighted by molar-refractivity contribution is -0.197. The summed E-state index contributed by atoms with van der Waals surface area (Å²) in [6.07, 6.45) is 1.30. The molecule has 22 heteroatoms. The molecule has 1 heterocycles. The van der Waals surface area contributed by atoms with Gasteiger partial charge in [-0.2, -0.15) is 8.42 Å². The Balaban J connectivity index is 1.19. The highest BCUT2D eigenvalue weighted by atomic mass is 35.5. The summed E-state index contributed by atoms with van der Waals surface area (Å²) in [6, 6.07) is 10.5. The number of nitrogens with one attached hydrogen (secondary N) is 4. The lowest BCUT2D eigenvalue weighted by atomic mass is 9.81. The highest BCUT2D eigenvalue weighted by molar-refractivity contribution is 7.87. The molecule has 4 rings (SSSR count). The van der Waals surface area contributed by atoms with Crippen molar-refractivity contribution >= 4 is 86.4 Å². The molecule has 2 fully saturated rings. The van der Waals surface area contributed by atoms with Crippen LogP contribution in [0, 0.1) is 5.41 Å². The molecule has 2 aliphatic rings. The fraction of sp³-hybridized carbons (Fsp3) is 0.512. The van der Waals surface area contributed by atoms with Gasteiger partial charge in [-0.15, -0.1) is 5.06 Å². The van der Waals surface area contributed by atoms with Gasteiger partial charge in [0.25, 0.3) is 27.8 Å². The molecule has 2 aromatic carbocycles. The Labute approximate surface area is 374 Å². The highest BCUT2D eigenvalue weighted by Crippen LogP contribution is 2.41. The second kappa shape index (κ2) is 22.5. The Bertz CT molecular complexity index is 2140. The van der Waals surface area contributed by atoms with Crippen LogP contribution in [0.3, 0.4) is 0 Å². The Morgan fingerprint density at radius 2 is 1.51 bits per heavy atom. The lowest BCUT2D eigenvalue weighted by Crippen LogP contribution is -2.51. The molecule has 344 valence electrons. The Kier molecular flexibility index (Phi) is 18.0. The molecule has 0 aromatic heterocycles. The van der Waals surface area contributed by atoms with Gasteiger partial charge in [-0.3, -0.25) is 33.3 Å². The molecule has 6 amide bonds. The molecule has 1 aliphatic carbocycles. The zero-order chi connectivity index (χ0) is 46.5. The van der Waals surface area contributed by atoms with Crippen molar-refractivity contribution < 1.29 is 65.6 Å². The second-order valence-corrected chi connectivity index (χ2v) is 18.4. The minimum Gasteiger partial charge on any atom is -0.458 e. The van der Waals surface area contributed by atoms with E-state index in [9.17, 15) is 46.8 Å². The van der Waals surface area contributed by atoms with Crippen molar-refractivity contribution in [3.63, 3.8) is 0 Å². The Morgan fingerprint density at radius 1 is 0.889 bits per heavy atom. The molecule has 1 unspecified atom stereocenters. The maximum atomic E-state index is 14.0. The van der Waals surface area contributed by atoms with Crippen molar-refractivity contribution in [3.05, 3.63) is 63.6 Å². The molecular weight excluding hydrogens is 889 g/mol. The number of halogens is 2. The van der Waals surface area contributed by atoms with Crippen LogP contribution in [-0.4, -0.2) is 109 Å². The number of nitrogens with zero attached hydrogens (tertiary/aromatic N) is 1. The smallest absolute Gasteiger partial charge is 0.333 e. The molecule has 1 saturated carbocycles. The minimum atomic E-state index is -4.88. The van der Waals surface area contributed by atoms with Gasteiger partial charge in [-0.05, 0) is 69.9 Å². The maximum absolute atomic E-state index is 14.0. The molecule has 0 bridgehead atoms. The van der Waals surface area contributed by atoms with Crippen LogP contribution in [0.25, 0.3) is 0 Å². The van der Waals surface area contributed by atoms with E-state index >= 15 is 0 Å². The number of carbonyl (C=O) groups excluding carboxylic acids is 8. The summed E-state index contributed by atoms with van der Waals surface area (Å²) in [7, 11) is -4.88. The third kappa shape index (κ3) is 15.3. The van der Waals surface area contributed by atoms with E-state index in [1.165, 1.54) is 0 Å². The van der Waals surface area contributed by atoms with Gasteiger partial charge >= 0.3 is 11.9 Å². The van der Waals surface area contributed by atoms with E-state index in [4.69, 9.17) is 37.2 Å². The summed E-state index contributed by atoms with van der Waals surface area (Å²) in [4.78, 5) is 105. The summed E-state index contributed by atoms with van der Waals surface area (Å²) in [5.74, 6) is -6.05. The number of benzene rings is 2. The fourth-order valence-corrected chi connectivity index (χ4v) is 8.08. The molecule has 1 aliphatic heterocycles. The molecular formula is C41H51Cl2N5O14S. The monoisotopic (exact) mass is 939 g/mol. The van der Waals surface area contributed by atoms with Crippen LogP contribution in [0.4, 0.5) is 5.69 Å². The van der Waals surface area contributed by atoms with E-state index < -0.39 is 80.8 Å². The SMILES string of the molecule is CC(C)(C)OC(=O)[C@H](Cc1ccc(NC(=O)c2c(Cl)cccc2Cl)cc1)NC(=O)C1(CCNC(=O)CCOCCNC(=O)CCC(=O)ON2C(=O)CC(S(=O)(=O)O)C2=O)CCCC1. The van der Waals surface area contributed by atoms with Gasteiger partial charge in [0.1, 0.15) is 11.6 Å². The minimum absolute atomic E-state index is 0.0116. The summed E-state index contributed by atoms with van der Waals surface area (Å²) < 4.78 is 42.6. The first kappa shape index (κ1) is 50.5. The van der Waals surface area contributed by atoms with Gasteiger partial charge in [0, 0.05) is 38.0 Å². The second-order valence-electron chi connectivity index (χ2n) is 16.0. The van der Waals surface area contributed by atoms with Gasteiger partial charge in [0.05, 0.1) is 47.1 Å². The van der Waals surface area contributed by atoms with Crippen LogP contribution >= 0.6 is 23.2 Å². The average Bonchev–Trinajstić information content (AvgIpc) is 3.79. The number of carbonyl (C=O) groups is 8. The van der Waals surface area contributed by atoms with Crippen molar-refractivity contribution in [2.24, 2.45) is 5.41 Å². The summed E-state index contributed by atoms with van der Waals surface area (Å²) >= 11 is 12.4. The third-order valence-electron chi connectivity index (χ3n) is 10.0. The first-order chi connectivity index (χ1) is 29.6. The van der Waals surface area contributed by atoms with E-state index in [2.05, 4.69) is 26.1 Å². The van der Waals surface area contributed by atoms with Crippen LogP contribution in [0.2, 0.25) is 10.0 Å². The standard InChI is InChI=1S/C41H51Cl2N5O14S/c1-40(2,3)61-38(55)29(23-25-9-11-26(12-10-25)46-36(53)35-27(42)7-6-8-28(35)43)47-39(56)41(16-4-5-17-41)18-19-44-32(50)15-21-60-22-20-45-31(49)13-14-34(52)62-48-33(51)24-30(37(48)54)63(57,58)59/h6-12,29-30H,4-5,13-24H2,1-3H3,(H,44,50)(H,45,49)(H,46,53)(H,47,56)(H,57,58,59)/t29-,30?/m0/s1. The maximum Gasteiger partial charge on any atom is 0.333 e. The molecule has 1 saturated heterocycles. The fourth-order valence-electron chi connectivity index (χ4n) is 6.81. The first-order valence-electron chi connectivity index (χ1n) is 20.1. The molecule has 63 heavy (non-hydrogen) atoms. The number of hydroxylamine groups is 2. The van der Waals surface area contributed by atoms with Gasteiger partial charge < -0.3 is 35.6 Å². The van der Waals surface area contributed by atoms with Crippen molar-refractivity contribution in [2.45, 2.75) is 102 Å². The lowest BCUT2D eigenvalue weighted by Gasteiger charge is -2.31. The van der Waals surface area contributed by atoms with E-state index in [0.29, 0.717) is 30.5 Å². The predicted octanol–water partition coefficient (Wildman–Crippen LogP) is 3.46. The molecule has 2 atom stereocenters. The van der Waals surface area contributed by atoms with Crippen molar-refractivity contribution in [2.75, 3.05) is 31.6 Å². The molecule has 0 radical (unpaired) electrons. The zero-order valence-corrected chi connectivity index (χ0v) is 37.3. The topological polar surface area (TPSA) is 270 Å². The molecule has 2 aromatic rings. The number of amides is 6. The average molecular weight is 941 g/mol. The van der Waals surface area contributed by atoms with Gasteiger partial charge in [-0.25, -0.2) is 9.59 Å². The molecule has 19 nitrogen and oxygen atoms in total. The number of rotatable bonds is 21. The summed E-state index contributed by atoms with van der Waals surface area (Å²) in [5.41, 5.74) is -0.376. The van der Waals surface area contributed by atoms with Gasteiger partial charge in [0.2, 0.25) is 17.7 Å². The first-order valence-corrected chi connectivity index (χ1v) is 22.4. The summed E-state index contributed by atoms with van der Waals surface area (Å²) in [6.45, 7) is 5.45.